The number of fused-ring (bicyclic) bond motifs is 2. The molecule has 1 aliphatic carbocycles. The third-order valence-corrected chi connectivity index (χ3v) is 6.51. The van der Waals surface area contributed by atoms with Crippen molar-refractivity contribution in [1.29, 1.82) is 0 Å². The van der Waals surface area contributed by atoms with Crippen LogP contribution in [0.1, 0.15) is 46.4 Å². The van der Waals surface area contributed by atoms with Gasteiger partial charge in [-0.15, -0.1) is 13.2 Å². The number of hydrogen-bond donors (Lipinski definition) is 0. The summed E-state index contributed by atoms with van der Waals surface area (Å²) in [5, 5.41) is 0. The van der Waals surface area contributed by atoms with Gasteiger partial charge in [0.05, 0.1) is 17.5 Å². The van der Waals surface area contributed by atoms with E-state index in [1.807, 2.05) is 0 Å². The standard InChI is InChI=1S/C22H16F6N2O4/c23-21(24,25)16-9-15-14(10-29-16)17(31)34-20(15)7-8-30(11-20)18(32)19(5-6-19)12-1-3-13(4-2-12)33-22(26,27)28/h1-4,9-10H,5-8,11H2. The molecule has 1 aromatic carbocycles. The molecule has 1 aromatic heterocycles. The van der Waals surface area contributed by atoms with E-state index in [0.717, 1.165) is 24.4 Å². The van der Waals surface area contributed by atoms with Crippen LogP contribution >= 0.6 is 0 Å². The number of hydrogen-bond acceptors (Lipinski definition) is 5. The van der Waals surface area contributed by atoms with E-state index in [4.69, 9.17) is 4.74 Å². The lowest BCUT2D eigenvalue weighted by molar-refractivity contribution is -0.274. The quantitative estimate of drug-likeness (QED) is 0.478. The van der Waals surface area contributed by atoms with Crippen molar-refractivity contribution in [2.24, 2.45) is 0 Å². The van der Waals surface area contributed by atoms with Gasteiger partial charge in [0.15, 0.2) is 5.60 Å². The van der Waals surface area contributed by atoms with Crippen molar-refractivity contribution in [1.82, 2.24) is 9.88 Å². The molecule has 1 saturated carbocycles. The van der Waals surface area contributed by atoms with Crippen molar-refractivity contribution < 1.29 is 45.4 Å². The Morgan fingerprint density at radius 3 is 2.32 bits per heavy atom. The first-order valence-electron chi connectivity index (χ1n) is 10.3. The van der Waals surface area contributed by atoms with Crippen LogP contribution in [0.4, 0.5) is 26.3 Å². The smallest absolute Gasteiger partial charge is 0.449 e. The molecular formula is C22H16F6N2O4. The molecule has 12 heteroatoms. The molecule has 2 fully saturated rings. The molecule has 3 heterocycles. The molecule has 1 unspecified atom stereocenters. The summed E-state index contributed by atoms with van der Waals surface area (Å²) >= 11 is 0. The molecule has 3 aliphatic rings. The zero-order valence-electron chi connectivity index (χ0n) is 17.3. The second-order valence-electron chi connectivity index (χ2n) is 8.63. The Bertz CT molecular complexity index is 1170. The molecule has 1 amide bonds. The van der Waals surface area contributed by atoms with Gasteiger partial charge in [0, 0.05) is 24.7 Å². The van der Waals surface area contributed by atoms with Crippen molar-refractivity contribution in [3.8, 4) is 5.75 Å². The number of benzene rings is 1. The second kappa shape index (κ2) is 7.09. The number of carbonyl (C=O) groups excluding carboxylic acids is 2. The number of nitrogens with zero attached hydrogens (tertiary/aromatic N) is 2. The van der Waals surface area contributed by atoms with Crippen LogP contribution in [-0.4, -0.2) is 41.2 Å². The Morgan fingerprint density at radius 1 is 1.06 bits per heavy atom. The van der Waals surface area contributed by atoms with E-state index in [9.17, 15) is 35.9 Å². The van der Waals surface area contributed by atoms with Gasteiger partial charge < -0.3 is 14.4 Å². The molecule has 180 valence electrons. The molecule has 1 saturated heterocycles. The molecule has 6 nitrogen and oxygen atoms in total. The summed E-state index contributed by atoms with van der Waals surface area (Å²) in [5.41, 5.74) is -3.00. The number of likely N-dealkylation sites (tertiary alicyclic amines) is 1. The van der Waals surface area contributed by atoms with Crippen LogP contribution < -0.4 is 4.74 Å². The maximum atomic E-state index is 13.4. The maximum absolute atomic E-state index is 13.4. The van der Waals surface area contributed by atoms with Gasteiger partial charge in [-0.2, -0.15) is 13.2 Å². The van der Waals surface area contributed by atoms with Crippen molar-refractivity contribution in [2.75, 3.05) is 13.1 Å². The number of carbonyl (C=O) groups is 2. The lowest BCUT2D eigenvalue weighted by atomic mass is 9.91. The summed E-state index contributed by atoms with van der Waals surface area (Å²) in [6.07, 6.45) is -7.66. The third kappa shape index (κ3) is 3.64. The molecule has 2 aliphatic heterocycles. The van der Waals surface area contributed by atoms with E-state index in [0.29, 0.717) is 18.4 Å². The van der Waals surface area contributed by atoms with Crippen LogP contribution in [-0.2, 0) is 26.7 Å². The molecule has 1 atom stereocenters. The molecule has 0 radical (unpaired) electrons. The maximum Gasteiger partial charge on any atom is 0.573 e. The van der Waals surface area contributed by atoms with Gasteiger partial charge in [-0.1, -0.05) is 12.1 Å². The first-order valence-corrected chi connectivity index (χ1v) is 10.3. The second-order valence-corrected chi connectivity index (χ2v) is 8.63. The number of alkyl halides is 6. The molecule has 2 aromatic rings. The fourth-order valence-corrected chi connectivity index (χ4v) is 4.73. The number of amides is 1. The monoisotopic (exact) mass is 486 g/mol. The summed E-state index contributed by atoms with van der Waals surface area (Å²) in [6, 6.07) is 5.83. The Kier molecular flexibility index (Phi) is 4.69. The molecule has 5 rings (SSSR count). The number of pyridine rings is 1. The van der Waals surface area contributed by atoms with E-state index in [1.165, 1.54) is 17.0 Å². The summed E-state index contributed by atoms with van der Waals surface area (Å²) in [6.45, 7) is 0.0230. The van der Waals surface area contributed by atoms with Gasteiger partial charge in [-0.3, -0.25) is 9.78 Å². The summed E-state index contributed by atoms with van der Waals surface area (Å²) in [4.78, 5) is 30.4. The van der Waals surface area contributed by atoms with Crippen LogP contribution in [0.2, 0.25) is 0 Å². The number of aromatic nitrogens is 1. The highest BCUT2D eigenvalue weighted by Gasteiger charge is 2.58. The number of esters is 1. The number of rotatable bonds is 3. The van der Waals surface area contributed by atoms with Crippen LogP contribution in [0.3, 0.4) is 0 Å². The van der Waals surface area contributed by atoms with Crippen LogP contribution in [0.15, 0.2) is 36.5 Å². The fraction of sp³-hybridized carbons (Fsp3) is 0.409. The van der Waals surface area contributed by atoms with Crippen LogP contribution in [0, 0.1) is 0 Å². The predicted molar refractivity (Wildman–Crippen MR) is 102 cm³/mol. The van der Waals surface area contributed by atoms with Gasteiger partial charge in [0.25, 0.3) is 0 Å². The largest absolute Gasteiger partial charge is 0.573 e. The van der Waals surface area contributed by atoms with E-state index >= 15 is 0 Å². The van der Waals surface area contributed by atoms with Crippen LogP contribution in [0.25, 0.3) is 0 Å². The highest BCUT2D eigenvalue weighted by Crippen LogP contribution is 2.52. The average Bonchev–Trinajstić information content (AvgIpc) is 3.38. The van der Waals surface area contributed by atoms with Crippen molar-refractivity contribution in [3.63, 3.8) is 0 Å². The van der Waals surface area contributed by atoms with Crippen LogP contribution in [0.5, 0.6) is 5.75 Å². The van der Waals surface area contributed by atoms with Gasteiger partial charge in [-0.05, 0) is 36.6 Å². The van der Waals surface area contributed by atoms with Gasteiger partial charge >= 0.3 is 18.5 Å². The lowest BCUT2D eigenvalue weighted by Gasteiger charge is -2.27. The summed E-state index contributed by atoms with van der Waals surface area (Å²) in [5.74, 6) is -1.53. The van der Waals surface area contributed by atoms with E-state index in [-0.39, 0.29) is 36.5 Å². The Labute approximate surface area is 188 Å². The van der Waals surface area contributed by atoms with E-state index in [2.05, 4.69) is 9.72 Å². The van der Waals surface area contributed by atoms with E-state index in [1.54, 1.807) is 0 Å². The highest BCUT2D eigenvalue weighted by atomic mass is 19.4. The third-order valence-electron chi connectivity index (χ3n) is 6.51. The predicted octanol–water partition coefficient (Wildman–Crippen LogP) is 4.33. The number of halogens is 6. The first-order chi connectivity index (χ1) is 15.8. The zero-order valence-corrected chi connectivity index (χ0v) is 17.3. The van der Waals surface area contributed by atoms with E-state index < -0.39 is 41.0 Å². The summed E-state index contributed by atoms with van der Waals surface area (Å²) in [7, 11) is 0. The Balaban J connectivity index is 1.38. The minimum atomic E-state index is -4.84. The Morgan fingerprint density at radius 2 is 1.74 bits per heavy atom. The normalized spacial score (nSPS) is 23.1. The molecule has 34 heavy (non-hydrogen) atoms. The molecule has 1 spiro atoms. The summed E-state index contributed by atoms with van der Waals surface area (Å²) < 4.78 is 86.1. The zero-order chi connectivity index (χ0) is 24.5. The minimum Gasteiger partial charge on any atom is -0.449 e. The lowest BCUT2D eigenvalue weighted by Crippen LogP contribution is -2.40. The topological polar surface area (TPSA) is 68.7 Å². The number of ether oxygens (including phenoxy) is 2. The minimum absolute atomic E-state index is 0.0497. The SMILES string of the molecule is O=C1OC2(CCN(C(=O)C3(c4ccc(OC(F)(F)F)cc4)CC3)C2)c2cc(C(F)(F)F)ncc21. The molecule has 0 N–H and O–H groups in total. The first kappa shape index (κ1) is 22.5. The van der Waals surface area contributed by atoms with Gasteiger partial charge in [0.1, 0.15) is 11.4 Å². The molecule has 0 bridgehead atoms. The molecular weight excluding hydrogens is 470 g/mol. The average molecular weight is 486 g/mol. The van der Waals surface area contributed by atoms with Crippen molar-refractivity contribution in [3.05, 3.63) is 58.9 Å². The van der Waals surface area contributed by atoms with Crippen molar-refractivity contribution in [2.45, 2.75) is 42.8 Å². The van der Waals surface area contributed by atoms with Gasteiger partial charge in [0.2, 0.25) is 5.91 Å². The van der Waals surface area contributed by atoms with Gasteiger partial charge in [-0.25, -0.2) is 4.79 Å². The van der Waals surface area contributed by atoms with Crippen molar-refractivity contribution >= 4 is 11.9 Å². The fourth-order valence-electron chi connectivity index (χ4n) is 4.73. The Hall–Kier alpha value is -3.31. The highest BCUT2D eigenvalue weighted by molar-refractivity contribution is 5.95.